The monoisotopic (exact) mass is 248 g/mol. The number of amides is 1. The standard InChI is InChI=1S/C15H24N2O/c1-10-8-12(16)9-11(2)14(10)17-13(18)6-7-15(3,4)5/h8-9H,6-7,16H2,1-5H3,(H,17,18). The van der Waals surface area contributed by atoms with Crippen molar-refractivity contribution >= 4 is 17.3 Å². The minimum absolute atomic E-state index is 0.0703. The van der Waals surface area contributed by atoms with Gasteiger partial charge in [0.1, 0.15) is 0 Å². The Labute approximate surface area is 110 Å². The van der Waals surface area contributed by atoms with Gasteiger partial charge in [-0.15, -0.1) is 0 Å². The number of benzene rings is 1. The average molecular weight is 248 g/mol. The molecule has 0 saturated heterocycles. The van der Waals surface area contributed by atoms with Gasteiger partial charge in [-0.3, -0.25) is 4.79 Å². The van der Waals surface area contributed by atoms with E-state index in [1.54, 1.807) is 0 Å². The first-order valence-corrected chi connectivity index (χ1v) is 6.35. The molecule has 1 rings (SSSR count). The normalized spacial score (nSPS) is 11.4. The van der Waals surface area contributed by atoms with Gasteiger partial charge in [0.25, 0.3) is 0 Å². The second-order valence-electron chi connectivity index (χ2n) is 6.14. The molecule has 18 heavy (non-hydrogen) atoms. The lowest BCUT2D eigenvalue weighted by Gasteiger charge is -2.18. The Hall–Kier alpha value is -1.51. The average Bonchev–Trinajstić information content (AvgIpc) is 2.19. The SMILES string of the molecule is Cc1cc(N)cc(C)c1NC(=O)CCC(C)(C)C. The summed E-state index contributed by atoms with van der Waals surface area (Å²) in [7, 11) is 0. The van der Waals surface area contributed by atoms with Crippen LogP contribution in [0.3, 0.4) is 0 Å². The predicted molar refractivity (Wildman–Crippen MR) is 77.6 cm³/mol. The minimum atomic E-state index is 0.0703. The summed E-state index contributed by atoms with van der Waals surface area (Å²) >= 11 is 0. The van der Waals surface area contributed by atoms with Crippen molar-refractivity contribution in [3.63, 3.8) is 0 Å². The zero-order valence-corrected chi connectivity index (χ0v) is 12.1. The van der Waals surface area contributed by atoms with Crippen LogP contribution in [0, 0.1) is 19.3 Å². The van der Waals surface area contributed by atoms with Gasteiger partial charge in [-0.1, -0.05) is 20.8 Å². The summed E-state index contributed by atoms with van der Waals surface area (Å²) in [6, 6.07) is 3.76. The smallest absolute Gasteiger partial charge is 0.224 e. The van der Waals surface area contributed by atoms with Crippen LogP contribution in [0.15, 0.2) is 12.1 Å². The van der Waals surface area contributed by atoms with Gasteiger partial charge in [-0.2, -0.15) is 0 Å². The fourth-order valence-electron chi connectivity index (χ4n) is 1.88. The topological polar surface area (TPSA) is 55.1 Å². The van der Waals surface area contributed by atoms with Crippen molar-refractivity contribution in [1.29, 1.82) is 0 Å². The van der Waals surface area contributed by atoms with E-state index in [2.05, 4.69) is 26.1 Å². The third kappa shape index (κ3) is 4.40. The zero-order valence-electron chi connectivity index (χ0n) is 12.1. The van der Waals surface area contributed by atoms with Crippen molar-refractivity contribution < 1.29 is 4.79 Å². The van der Waals surface area contributed by atoms with Crippen molar-refractivity contribution in [2.24, 2.45) is 5.41 Å². The molecule has 3 heteroatoms. The second kappa shape index (κ2) is 5.42. The highest BCUT2D eigenvalue weighted by Crippen LogP contribution is 2.25. The predicted octanol–water partition coefficient (Wildman–Crippen LogP) is 3.65. The molecule has 0 unspecified atom stereocenters. The third-order valence-corrected chi connectivity index (χ3v) is 2.92. The van der Waals surface area contributed by atoms with Crippen LogP contribution in [0.25, 0.3) is 0 Å². The Balaban J connectivity index is 2.71. The lowest BCUT2D eigenvalue weighted by atomic mass is 9.90. The van der Waals surface area contributed by atoms with Crippen molar-refractivity contribution in [3.05, 3.63) is 23.3 Å². The first kappa shape index (κ1) is 14.6. The van der Waals surface area contributed by atoms with E-state index in [0.717, 1.165) is 28.9 Å². The molecule has 0 radical (unpaired) electrons. The van der Waals surface area contributed by atoms with E-state index in [4.69, 9.17) is 5.73 Å². The van der Waals surface area contributed by atoms with Gasteiger partial charge in [0.05, 0.1) is 0 Å². The molecular formula is C15H24N2O. The molecule has 0 atom stereocenters. The fourth-order valence-corrected chi connectivity index (χ4v) is 1.88. The van der Waals surface area contributed by atoms with Crippen LogP contribution in [0.2, 0.25) is 0 Å². The van der Waals surface area contributed by atoms with E-state index in [9.17, 15) is 4.79 Å². The highest BCUT2D eigenvalue weighted by molar-refractivity contribution is 5.92. The van der Waals surface area contributed by atoms with Crippen LogP contribution in [0.5, 0.6) is 0 Å². The summed E-state index contributed by atoms with van der Waals surface area (Å²) in [6.45, 7) is 10.3. The van der Waals surface area contributed by atoms with Crippen LogP contribution < -0.4 is 11.1 Å². The van der Waals surface area contributed by atoms with Crippen molar-refractivity contribution in [2.75, 3.05) is 11.1 Å². The maximum absolute atomic E-state index is 11.9. The molecule has 0 aliphatic heterocycles. The molecular weight excluding hydrogens is 224 g/mol. The van der Waals surface area contributed by atoms with E-state index < -0.39 is 0 Å². The molecule has 0 aromatic heterocycles. The number of nitrogen functional groups attached to an aromatic ring is 1. The van der Waals surface area contributed by atoms with Crippen LogP contribution in [0.1, 0.15) is 44.7 Å². The summed E-state index contributed by atoms with van der Waals surface area (Å²) in [4.78, 5) is 11.9. The zero-order chi connectivity index (χ0) is 13.9. The first-order valence-electron chi connectivity index (χ1n) is 6.35. The lowest BCUT2D eigenvalue weighted by Crippen LogP contribution is -2.16. The van der Waals surface area contributed by atoms with Crippen molar-refractivity contribution in [1.82, 2.24) is 0 Å². The van der Waals surface area contributed by atoms with Gasteiger partial charge in [0.2, 0.25) is 5.91 Å². The molecule has 0 bridgehead atoms. The Morgan fingerprint density at radius 1 is 1.22 bits per heavy atom. The van der Waals surface area contributed by atoms with E-state index >= 15 is 0 Å². The molecule has 0 aliphatic carbocycles. The van der Waals surface area contributed by atoms with Crippen LogP contribution >= 0.6 is 0 Å². The minimum Gasteiger partial charge on any atom is -0.399 e. The number of aryl methyl sites for hydroxylation is 2. The van der Waals surface area contributed by atoms with Gasteiger partial charge in [-0.05, 0) is 48.9 Å². The number of rotatable bonds is 3. The van der Waals surface area contributed by atoms with Crippen molar-refractivity contribution in [2.45, 2.75) is 47.5 Å². The number of nitrogens with two attached hydrogens (primary N) is 1. The molecule has 0 aliphatic rings. The first-order chi connectivity index (χ1) is 8.19. The molecule has 1 aromatic rings. The fraction of sp³-hybridized carbons (Fsp3) is 0.533. The number of anilines is 2. The highest BCUT2D eigenvalue weighted by Gasteiger charge is 2.14. The summed E-state index contributed by atoms with van der Waals surface area (Å²) in [5.41, 5.74) is 9.59. The maximum Gasteiger partial charge on any atom is 0.224 e. The largest absolute Gasteiger partial charge is 0.399 e. The van der Waals surface area contributed by atoms with Crippen molar-refractivity contribution in [3.8, 4) is 0 Å². The van der Waals surface area contributed by atoms with E-state index in [-0.39, 0.29) is 11.3 Å². The second-order valence-corrected chi connectivity index (χ2v) is 6.14. The van der Waals surface area contributed by atoms with Gasteiger partial charge >= 0.3 is 0 Å². The molecule has 100 valence electrons. The van der Waals surface area contributed by atoms with E-state index in [0.29, 0.717) is 6.42 Å². The number of nitrogens with one attached hydrogen (secondary N) is 1. The van der Waals surface area contributed by atoms with E-state index in [1.165, 1.54) is 0 Å². The highest BCUT2D eigenvalue weighted by atomic mass is 16.1. The van der Waals surface area contributed by atoms with Crippen LogP contribution in [-0.2, 0) is 4.79 Å². The van der Waals surface area contributed by atoms with Crippen LogP contribution in [-0.4, -0.2) is 5.91 Å². The summed E-state index contributed by atoms with van der Waals surface area (Å²) in [5.74, 6) is 0.0703. The summed E-state index contributed by atoms with van der Waals surface area (Å²) < 4.78 is 0. The molecule has 0 saturated carbocycles. The lowest BCUT2D eigenvalue weighted by molar-refractivity contribution is -0.116. The Morgan fingerprint density at radius 3 is 2.17 bits per heavy atom. The van der Waals surface area contributed by atoms with Crippen LogP contribution in [0.4, 0.5) is 11.4 Å². The Morgan fingerprint density at radius 2 is 1.72 bits per heavy atom. The molecule has 3 N–H and O–H groups in total. The Bertz CT molecular complexity index is 421. The van der Waals surface area contributed by atoms with Gasteiger partial charge in [0, 0.05) is 17.8 Å². The number of hydrogen-bond donors (Lipinski definition) is 2. The van der Waals surface area contributed by atoms with Gasteiger partial charge < -0.3 is 11.1 Å². The number of hydrogen-bond acceptors (Lipinski definition) is 2. The van der Waals surface area contributed by atoms with Gasteiger partial charge in [0.15, 0.2) is 0 Å². The molecule has 3 nitrogen and oxygen atoms in total. The molecule has 0 heterocycles. The van der Waals surface area contributed by atoms with Gasteiger partial charge in [-0.25, -0.2) is 0 Å². The number of carbonyl (C=O) groups is 1. The van der Waals surface area contributed by atoms with E-state index in [1.807, 2.05) is 26.0 Å². The third-order valence-electron chi connectivity index (χ3n) is 2.92. The molecule has 0 spiro atoms. The Kier molecular flexibility index (Phi) is 4.38. The number of carbonyl (C=O) groups excluding carboxylic acids is 1. The maximum atomic E-state index is 11.9. The molecule has 1 aromatic carbocycles. The summed E-state index contributed by atoms with van der Waals surface area (Å²) in [5, 5.41) is 2.98. The molecule has 0 fully saturated rings. The summed E-state index contributed by atoms with van der Waals surface area (Å²) in [6.07, 6.45) is 1.43. The quantitative estimate of drug-likeness (QED) is 0.802. The molecule has 1 amide bonds.